The highest BCUT2D eigenvalue weighted by Crippen LogP contribution is 2.28. The van der Waals surface area contributed by atoms with Gasteiger partial charge in [0.1, 0.15) is 6.33 Å². The van der Waals surface area contributed by atoms with Gasteiger partial charge in [-0.2, -0.15) is 0 Å². The molecular formula is C16H24N4O. The SMILES string of the molecule is NCCC1CCCCN1C(=O)C1CCc2ncncc2C1. The molecule has 0 aromatic carbocycles. The quantitative estimate of drug-likeness (QED) is 0.910. The molecule has 1 amide bonds. The van der Waals surface area contributed by atoms with Crippen molar-refractivity contribution >= 4 is 5.91 Å². The molecule has 1 aliphatic heterocycles. The number of aromatic nitrogens is 2. The van der Waals surface area contributed by atoms with E-state index in [0.717, 1.165) is 56.3 Å². The number of nitrogens with two attached hydrogens (primary N) is 1. The summed E-state index contributed by atoms with van der Waals surface area (Å²) in [5.41, 5.74) is 7.97. The van der Waals surface area contributed by atoms with Gasteiger partial charge in [-0.3, -0.25) is 4.79 Å². The molecule has 2 atom stereocenters. The second kappa shape index (κ2) is 6.52. The summed E-state index contributed by atoms with van der Waals surface area (Å²) in [5.74, 6) is 0.421. The van der Waals surface area contributed by atoms with Crippen LogP contribution in [0.2, 0.25) is 0 Å². The number of rotatable bonds is 3. The summed E-state index contributed by atoms with van der Waals surface area (Å²) in [4.78, 5) is 23.4. The standard InChI is InChI=1S/C16H24N4O/c17-7-6-14-3-1-2-8-20(14)16(21)12-4-5-15-13(9-12)10-18-11-19-15/h10-12,14H,1-9,17H2. The monoisotopic (exact) mass is 288 g/mol. The average molecular weight is 288 g/mol. The molecule has 114 valence electrons. The first-order chi connectivity index (χ1) is 10.3. The van der Waals surface area contributed by atoms with Crippen molar-refractivity contribution < 1.29 is 4.79 Å². The summed E-state index contributed by atoms with van der Waals surface area (Å²) < 4.78 is 0. The second-order valence-corrected chi connectivity index (χ2v) is 6.19. The Morgan fingerprint density at radius 2 is 2.29 bits per heavy atom. The van der Waals surface area contributed by atoms with Gasteiger partial charge in [-0.05, 0) is 57.1 Å². The molecule has 1 fully saturated rings. The van der Waals surface area contributed by atoms with Gasteiger partial charge >= 0.3 is 0 Å². The van der Waals surface area contributed by atoms with Crippen LogP contribution in [-0.4, -0.2) is 39.9 Å². The van der Waals surface area contributed by atoms with Crippen LogP contribution in [0.5, 0.6) is 0 Å². The molecule has 2 N–H and O–H groups in total. The topological polar surface area (TPSA) is 72.1 Å². The molecule has 2 heterocycles. The minimum absolute atomic E-state index is 0.0990. The predicted octanol–water partition coefficient (Wildman–Crippen LogP) is 1.31. The van der Waals surface area contributed by atoms with E-state index in [1.165, 1.54) is 6.42 Å². The van der Waals surface area contributed by atoms with E-state index in [-0.39, 0.29) is 5.92 Å². The molecule has 3 rings (SSSR count). The van der Waals surface area contributed by atoms with Crippen molar-refractivity contribution in [3.05, 3.63) is 23.8 Å². The number of nitrogens with zero attached hydrogens (tertiary/aromatic N) is 3. The van der Waals surface area contributed by atoms with Crippen molar-refractivity contribution in [2.75, 3.05) is 13.1 Å². The Morgan fingerprint density at radius 3 is 3.14 bits per heavy atom. The number of fused-ring (bicyclic) bond motifs is 1. The maximum atomic E-state index is 12.9. The smallest absolute Gasteiger partial charge is 0.226 e. The number of hydrogen-bond acceptors (Lipinski definition) is 4. The molecule has 1 aliphatic carbocycles. The summed E-state index contributed by atoms with van der Waals surface area (Å²) in [6.45, 7) is 1.56. The van der Waals surface area contributed by atoms with Gasteiger partial charge in [-0.1, -0.05) is 0 Å². The van der Waals surface area contributed by atoms with Gasteiger partial charge in [0.05, 0.1) is 0 Å². The molecule has 0 bridgehead atoms. The van der Waals surface area contributed by atoms with E-state index in [9.17, 15) is 4.79 Å². The van der Waals surface area contributed by atoms with Gasteiger partial charge in [-0.25, -0.2) is 9.97 Å². The molecule has 21 heavy (non-hydrogen) atoms. The molecule has 0 radical (unpaired) electrons. The zero-order valence-electron chi connectivity index (χ0n) is 12.5. The number of likely N-dealkylation sites (tertiary alicyclic amines) is 1. The first kappa shape index (κ1) is 14.4. The van der Waals surface area contributed by atoms with Gasteiger partial charge < -0.3 is 10.6 Å². The van der Waals surface area contributed by atoms with Crippen LogP contribution in [-0.2, 0) is 17.6 Å². The minimum atomic E-state index is 0.0990. The summed E-state index contributed by atoms with van der Waals surface area (Å²) >= 11 is 0. The van der Waals surface area contributed by atoms with Crippen LogP contribution in [0.15, 0.2) is 12.5 Å². The molecule has 5 nitrogen and oxygen atoms in total. The number of amides is 1. The van der Waals surface area contributed by atoms with Gasteiger partial charge in [0, 0.05) is 30.4 Å². The third-order valence-electron chi connectivity index (χ3n) is 4.84. The number of carbonyl (C=O) groups is 1. The van der Waals surface area contributed by atoms with E-state index >= 15 is 0 Å². The van der Waals surface area contributed by atoms with Crippen LogP contribution in [0.1, 0.15) is 43.4 Å². The second-order valence-electron chi connectivity index (χ2n) is 6.19. The maximum Gasteiger partial charge on any atom is 0.226 e. The minimum Gasteiger partial charge on any atom is -0.339 e. The summed E-state index contributed by atoms with van der Waals surface area (Å²) in [6.07, 6.45) is 10.4. The molecule has 1 aromatic heterocycles. The molecule has 0 saturated carbocycles. The summed E-state index contributed by atoms with van der Waals surface area (Å²) in [6, 6.07) is 0.352. The normalized spacial score (nSPS) is 25.5. The van der Waals surface area contributed by atoms with E-state index < -0.39 is 0 Å². The predicted molar refractivity (Wildman–Crippen MR) is 80.6 cm³/mol. The van der Waals surface area contributed by atoms with Gasteiger partial charge in [0.25, 0.3) is 0 Å². The molecule has 1 aromatic rings. The lowest BCUT2D eigenvalue weighted by Crippen LogP contribution is -2.48. The van der Waals surface area contributed by atoms with Crippen molar-refractivity contribution in [2.45, 2.75) is 51.0 Å². The Balaban J connectivity index is 1.70. The third-order valence-corrected chi connectivity index (χ3v) is 4.84. The maximum absolute atomic E-state index is 12.9. The number of aryl methyl sites for hydroxylation is 1. The number of piperidine rings is 1. The largest absolute Gasteiger partial charge is 0.339 e. The van der Waals surface area contributed by atoms with Crippen molar-refractivity contribution in [1.82, 2.24) is 14.9 Å². The molecular weight excluding hydrogens is 264 g/mol. The number of carbonyl (C=O) groups excluding carboxylic acids is 1. The lowest BCUT2D eigenvalue weighted by Gasteiger charge is -2.38. The fourth-order valence-electron chi connectivity index (χ4n) is 3.69. The lowest BCUT2D eigenvalue weighted by atomic mass is 9.85. The van der Waals surface area contributed by atoms with E-state index in [2.05, 4.69) is 14.9 Å². The van der Waals surface area contributed by atoms with Crippen molar-refractivity contribution in [3.8, 4) is 0 Å². The fourth-order valence-corrected chi connectivity index (χ4v) is 3.69. The van der Waals surface area contributed by atoms with Gasteiger partial charge in [-0.15, -0.1) is 0 Å². The fraction of sp³-hybridized carbons (Fsp3) is 0.688. The molecule has 0 spiro atoms. The first-order valence-electron chi connectivity index (χ1n) is 8.08. The third kappa shape index (κ3) is 3.07. The van der Waals surface area contributed by atoms with Crippen LogP contribution in [0.3, 0.4) is 0 Å². The van der Waals surface area contributed by atoms with Crippen LogP contribution in [0, 0.1) is 5.92 Å². The summed E-state index contributed by atoms with van der Waals surface area (Å²) in [7, 11) is 0. The Bertz CT molecular complexity index is 503. The highest BCUT2D eigenvalue weighted by molar-refractivity contribution is 5.80. The first-order valence-corrected chi connectivity index (χ1v) is 8.08. The summed E-state index contributed by atoms with van der Waals surface area (Å²) in [5, 5.41) is 0. The molecule has 2 aliphatic rings. The Kier molecular flexibility index (Phi) is 4.48. The van der Waals surface area contributed by atoms with E-state index in [1.54, 1.807) is 6.33 Å². The van der Waals surface area contributed by atoms with Crippen molar-refractivity contribution in [3.63, 3.8) is 0 Å². The highest BCUT2D eigenvalue weighted by Gasteiger charge is 2.33. The highest BCUT2D eigenvalue weighted by atomic mass is 16.2. The van der Waals surface area contributed by atoms with Crippen LogP contribution in [0.25, 0.3) is 0 Å². The van der Waals surface area contributed by atoms with E-state index in [0.29, 0.717) is 18.5 Å². The number of hydrogen-bond donors (Lipinski definition) is 1. The van der Waals surface area contributed by atoms with Crippen LogP contribution >= 0.6 is 0 Å². The van der Waals surface area contributed by atoms with Crippen molar-refractivity contribution in [2.24, 2.45) is 11.7 Å². The lowest BCUT2D eigenvalue weighted by molar-refractivity contribution is -0.139. The molecule has 5 heteroatoms. The van der Waals surface area contributed by atoms with E-state index in [4.69, 9.17) is 5.73 Å². The zero-order valence-corrected chi connectivity index (χ0v) is 12.5. The molecule has 2 unspecified atom stereocenters. The Morgan fingerprint density at radius 1 is 1.38 bits per heavy atom. The zero-order chi connectivity index (χ0) is 14.7. The van der Waals surface area contributed by atoms with Crippen LogP contribution in [0.4, 0.5) is 0 Å². The van der Waals surface area contributed by atoms with Gasteiger partial charge in [0.2, 0.25) is 5.91 Å². The Labute approximate surface area is 125 Å². The van der Waals surface area contributed by atoms with Gasteiger partial charge in [0.15, 0.2) is 0 Å². The molecule has 1 saturated heterocycles. The van der Waals surface area contributed by atoms with E-state index in [1.807, 2.05) is 6.20 Å². The average Bonchev–Trinajstić information content (AvgIpc) is 2.54. The van der Waals surface area contributed by atoms with Crippen LogP contribution < -0.4 is 5.73 Å². The van der Waals surface area contributed by atoms with Crippen molar-refractivity contribution in [1.29, 1.82) is 0 Å². The Hall–Kier alpha value is -1.49.